The summed E-state index contributed by atoms with van der Waals surface area (Å²) in [5.74, 6) is -24.0. The van der Waals surface area contributed by atoms with Crippen molar-refractivity contribution in [3.05, 3.63) is 47.5 Å². The molecule has 0 aromatic heterocycles. The van der Waals surface area contributed by atoms with Gasteiger partial charge in [0.05, 0.1) is 74.8 Å². The molecule has 26 atom stereocenters. The lowest BCUT2D eigenvalue weighted by molar-refractivity contribution is -0.148. The molecule has 0 aliphatic carbocycles. The molecule has 6 saturated heterocycles. The van der Waals surface area contributed by atoms with Gasteiger partial charge in [-0.3, -0.25) is 76.2 Å². The zero-order chi connectivity index (χ0) is 93.8. The zero-order valence-corrected chi connectivity index (χ0v) is 70.3. The Labute approximate surface area is 714 Å². The van der Waals surface area contributed by atoms with E-state index in [0.29, 0.717) is 0 Å². The van der Waals surface area contributed by atoms with Gasteiger partial charge in [-0.15, -0.1) is 0 Å². The number of rotatable bonds is 19. The minimum Gasteiger partial charge on any atom is -0.504 e. The Morgan fingerprint density at radius 2 is 0.824 bits per heavy atom. The molecule has 50 nitrogen and oxygen atoms in total. The zero-order valence-electron chi connectivity index (χ0n) is 68.6. The van der Waals surface area contributed by atoms with Crippen LogP contribution in [0.1, 0.15) is 91.2 Å². The number of fused-ring (bicyclic) bond motifs is 4. The Bertz CT molecular complexity index is 4560. The molecule has 29 N–H and O–H groups in total. The molecule has 2 aromatic rings. The quantitative estimate of drug-likeness (QED) is 0.0581. The Kier molecular flexibility index (Phi) is 35.1. The molecule has 125 heavy (non-hydrogen) atoms. The van der Waals surface area contributed by atoms with Gasteiger partial charge in [0.1, 0.15) is 72.9 Å². The van der Waals surface area contributed by atoms with E-state index in [2.05, 4.69) is 56.2 Å². The normalized spacial score (nSPS) is 31.8. The summed E-state index contributed by atoms with van der Waals surface area (Å²) in [6, 6.07) is -13.9. The molecule has 8 rings (SSSR count). The van der Waals surface area contributed by atoms with Gasteiger partial charge in [-0.25, -0.2) is 0 Å². The monoisotopic (exact) mass is 1820 g/mol. The number of likely N-dealkylation sites (N-methyl/N-ethyl adjacent to an activating group) is 1. The van der Waals surface area contributed by atoms with Crippen molar-refractivity contribution in [3.63, 3.8) is 0 Å². The summed E-state index contributed by atoms with van der Waals surface area (Å²) < 4.78 is 72.9. The fraction of sp³-hybridized carbons (Fsp3) is 0.644. The maximum Gasteiger partial charge on any atom is 0.446 e. The van der Waals surface area contributed by atoms with Crippen LogP contribution in [0.25, 0.3) is 0 Å². The first-order valence-electron chi connectivity index (χ1n) is 39.5. The summed E-state index contributed by atoms with van der Waals surface area (Å²) in [6.07, 6.45) is -17.1. The van der Waals surface area contributed by atoms with Crippen molar-refractivity contribution >= 4 is 103 Å². The second kappa shape index (κ2) is 43.2. The number of aliphatic hydroxyl groups excluding tert-OH is 10. The molecule has 2 aromatic carbocycles. The molecule has 14 amide bonds. The number of phenols is 2. The van der Waals surface area contributed by atoms with Crippen molar-refractivity contribution in [3.8, 4) is 23.0 Å². The fourth-order valence-electron chi connectivity index (χ4n) is 15.6. The first kappa shape index (κ1) is 102. The SMILES string of the molecule is CC1CC(N)C(=O)NC(CO)C(=O)N2CC(O)CC2C(=O)NC(C(C)Cc2ccc(O)c(OS(=O)(=O)O)c2)C(=O)NC(C(O)CC(N)=O)C(=O)N2CC(C)C(O)C2C(=O)NC1O.CNC1CC(C)C(O)NC(=O)C2C(O)C(C)CN2C(=O)C(C(O)CC(N)=O)NC(=O)C(C(C)Cc2ccc(O)c(OS(=O)(=O)O)c2)NC(=O)C2CC(O)CN2C(=O)C(CO)NC1=O. The average molecular weight is 1820 g/mol. The van der Waals surface area contributed by atoms with E-state index in [-0.39, 0.29) is 49.9 Å². The molecule has 6 heterocycles. The summed E-state index contributed by atoms with van der Waals surface area (Å²) in [7, 11) is -8.87. The van der Waals surface area contributed by atoms with Crippen LogP contribution in [0.3, 0.4) is 0 Å². The maximum absolute atomic E-state index is 14.5. The summed E-state index contributed by atoms with van der Waals surface area (Å²) in [5.41, 5.74) is 17.0. The van der Waals surface area contributed by atoms with E-state index >= 15 is 0 Å². The van der Waals surface area contributed by atoms with E-state index in [9.17, 15) is 154 Å². The van der Waals surface area contributed by atoms with Gasteiger partial charge < -0.3 is 154 Å². The molecule has 26 unspecified atom stereocenters. The molecular formula is C73H110N16O34S2. The number of aromatic hydroxyl groups is 2. The van der Waals surface area contributed by atoms with Crippen LogP contribution in [0.4, 0.5) is 0 Å². The number of primary amides is 2. The number of carbonyl (C=O) groups is 14. The van der Waals surface area contributed by atoms with Crippen molar-refractivity contribution in [1.82, 2.24) is 67.5 Å². The number of hydrogen-bond donors (Lipinski definition) is 26. The van der Waals surface area contributed by atoms with Gasteiger partial charge in [-0.05, 0) is 80.0 Å². The van der Waals surface area contributed by atoms with Crippen molar-refractivity contribution in [2.24, 2.45) is 52.7 Å². The third-order valence-electron chi connectivity index (χ3n) is 22.3. The minimum atomic E-state index is -5.13. The lowest BCUT2D eigenvalue weighted by Gasteiger charge is -2.34. The summed E-state index contributed by atoms with van der Waals surface area (Å²) >= 11 is 0. The molecular weight excluding hydrogens is 1710 g/mol. The number of nitrogens with one attached hydrogen (secondary N) is 9. The Morgan fingerprint density at radius 1 is 0.472 bits per heavy atom. The Morgan fingerprint density at radius 3 is 1.17 bits per heavy atom. The molecule has 0 saturated carbocycles. The van der Waals surface area contributed by atoms with Gasteiger partial charge in [0, 0.05) is 62.7 Å². The predicted molar refractivity (Wildman–Crippen MR) is 422 cm³/mol. The minimum absolute atomic E-state index is 0.137. The Hall–Kier alpha value is -10.4. The number of benzene rings is 2. The van der Waals surface area contributed by atoms with E-state index in [1.165, 1.54) is 60.7 Å². The number of carbonyl (C=O) groups excluding carboxylic acids is 14. The van der Waals surface area contributed by atoms with Gasteiger partial charge >= 0.3 is 20.8 Å². The van der Waals surface area contributed by atoms with Crippen LogP contribution in [-0.4, -0.2) is 358 Å². The van der Waals surface area contributed by atoms with Crippen LogP contribution in [0.15, 0.2) is 36.4 Å². The lowest BCUT2D eigenvalue weighted by atomic mass is 9.92. The molecule has 698 valence electrons. The molecule has 6 aliphatic rings. The second-order valence-corrected chi connectivity index (χ2v) is 34.3. The number of nitrogens with zero attached hydrogens (tertiary/aromatic N) is 4. The van der Waals surface area contributed by atoms with Crippen LogP contribution in [0, 0.1) is 35.5 Å². The van der Waals surface area contributed by atoms with Gasteiger partial charge in [-0.2, -0.15) is 16.8 Å². The van der Waals surface area contributed by atoms with Gasteiger partial charge in [0.15, 0.2) is 23.0 Å². The largest absolute Gasteiger partial charge is 0.504 e. The molecule has 6 fully saturated rings. The number of nitrogens with two attached hydrogens (primary N) is 3. The smallest absolute Gasteiger partial charge is 0.446 e. The standard InChI is InChI=1S/C37H56N8O17S.C36H54N8O17S/c1-15(7-18-5-6-23(48)25(9-18)62-63(59,60)61)27-34(55)42-28(24(49)11-26(38)50)37(58)45-12-17(3)30(51)29(45)35(56)43-31(52)16(2)8-20(39-4)32(53)40-21(14-46)36(57)44-13-19(47)10-22(44)33(54)41-27;1-14(6-17-4-5-22(47)24(8-17)61-62(58,59)60)26-33(54)41-27(23(48)10-25(38)49)36(57)44-11-16(3)29(50)28(44)34(55)42-30(51)15(2)7-19(37)31(52)39-20(13-45)35(56)43-12-18(46)9-21(43)32(53)40-26/h5-6,9,15-17,19-22,24,27-31,39,46-49,51-52H,7-8,10-14H2,1-4H3,(H2,38,50)(H,40,53)(H,41,54)(H,42,55)(H,43,56)(H,59,60,61);4-5,8,14-16,18-21,23,26-30,45-48,50-51H,6-7,9-13,37H2,1-3H3,(H2,38,49)(H,39,52)(H,40,53)(H,41,54)(H,42,55)(H,58,59,60). The molecule has 52 heteroatoms. The van der Waals surface area contributed by atoms with Gasteiger partial charge in [0.2, 0.25) is 82.7 Å². The Balaban J connectivity index is 0.000000343. The highest BCUT2D eigenvalue weighted by atomic mass is 32.3. The second-order valence-electron chi connectivity index (χ2n) is 32.3. The first-order valence-corrected chi connectivity index (χ1v) is 42.2. The van der Waals surface area contributed by atoms with Crippen LogP contribution in [-0.2, 0) is 101 Å². The molecule has 0 radical (unpaired) electrons. The highest BCUT2D eigenvalue weighted by Gasteiger charge is 2.53. The van der Waals surface area contributed by atoms with Crippen LogP contribution >= 0.6 is 0 Å². The summed E-state index contributed by atoms with van der Waals surface area (Å²) in [4.78, 5) is 195. The first-order chi connectivity index (χ1) is 58.2. The van der Waals surface area contributed by atoms with Crippen LogP contribution in [0.2, 0.25) is 0 Å². The fourth-order valence-corrected chi connectivity index (χ4v) is 16.3. The number of aliphatic hydroxyl groups is 10. The molecule has 6 aliphatic heterocycles. The van der Waals surface area contributed by atoms with Crippen molar-refractivity contribution < 1.29 is 163 Å². The lowest BCUT2D eigenvalue weighted by Crippen LogP contribution is -2.63. The van der Waals surface area contributed by atoms with Gasteiger partial charge in [-0.1, -0.05) is 53.7 Å². The third kappa shape index (κ3) is 26.4. The van der Waals surface area contributed by atoms with Crippen molar-refractivity contribution in [1.29, 1.82) is 0 Å². The molecule has 0 spiro atoms. The van der Waals surface area contributed by atoms with Crippen LogP contribution in [0.5, 0.6) is 23.0 Å². The topological polar surface area (TPSA) is 808 Å². The summed E-state index contributed by atoms with van der Waals surface area (Å²) in [6.45, 7) is 4.97. The number of amides is 14. The van der Waals surface area contributed by atoms with E-state index in [4.69, 9.17) is 17.2 Å². The van der Waals surface area contributed by atoms with Gasteiger partial charge in [0.25, 0.3) is 0 Å². The van der Waals surface area contributed by atoms with Crippen molar-refractivity contribution in [2.45, 2.75) is 214 Å². The number of hydrogen-bond acceptors (Lipinski definition) is 34. The average Bonchev–Trinajstić information content (AvgIpc) is 1.69. The van der Waals surface area contributed by atoms with E-state index in [1.54, 1.807) is 0 Å². The highest BCUT2D eigenvalue weighted by Crippen LogP contribution is 2.34. The van der Waals surface area contributed by atoms with E-state index in [1.807, 2.05) is 0 Å². The van der Waals surface area contributed by atoms with Crippen molar-refractivity contribution in [2.75, 3.05) is 46.4 Å². The summed E-state index contributed by atoms with van der Waals surface area (Å²) in [5, 5.41) is 150. The maximum atomic E-state index is 14.5. The molecule has 0 bridgehead atoms. The predicted octanol–water partition coefficient (Wildman–Crippen LogP) is -12.9. The number of phenolic OH excluding ortho intramolecular Hbond substituents is 2. The van der Waals surface area contributed by atoms with Crippen LogP contribution < -0.4 is 73.4 Å². The van der Waals surface area contributed by atoms with E-state index in [0.717, 1.165) is 43.9 Å². The third-order valence-corrected chi connectivity index (χ3v) is 23.1. The van der Waals surface area contributed by atoms with E-state index < -0.39 is 336 Å². The highest BCUT2D eigenvalue weighted by molar-refractivity contribution is 7.81.